The third kappa shape index (κ3) is 6.10. The minimum atomic E-state index is -5.00. The Hall–Kier alpha value is -2.05. The van der Waals surface area contributed by atoms with Crippen LogP contribution in [0.15, 0.2) is 0 Å². The van der Waals surface area contributed by atoms with Gasteiger partial charge in [-0.2, -0.15) is 0 Å². The van der Waals surface area contributed by atoms with E-state index in [1.165, 1.54) is 4.90 Å². The van der Waals surface area contributed by atoms with Crippen LogP contribution in [0.1, 0.15) is 39.5 Å². The largest absolute Gasteiger partial charge is 0.522 e. The van der Waals surface area contributed by atoms with Gasteiger partial charge in [0.05, 0.1) is 18.2 Å². The minimum absolute atomic E-state index is 0.0547. The van der Waals surface area contributed by atoms with Crippen LogP contribution in [0, 0.1) is 17.3 Å². The van der Waals surface area contributed by atoms with Crippen LogP contribution in [0.2, 0.25) is 0 Å². The number of Topliss-reactive ketones (excluding diaryl/α,β-unsaturated/α-hetero) is 2. The number of hydrogen-bond acceptors (Lipinski definition) is 7. The van der Waals surface area contributed by atoms with Crippen LogP contribution >= 0.6 is 0 Å². The van der Waals surface area contributed by atoms with E-state index in [-0.39, 0.29) is 49.7 Å². The Bertz CT molecular complexity index is 805. The maximum absolute atomic E-state index is 12.8. The van der Waals surface area contributed by atoms with E-state index in [0.717, 1.165) is 0 Å². The molecule has 2 aliphatic heterocycles. The highest BCUT2D eigenvalue weighted by atomic mass is 19.4. The molecule has 2 saturated heterocycles. The molecule has 0 aromatic heterocycles. The van der Waals surface area contributed by atoms with Crippen LogP contribution in [0.5, 0.6) is 0 Å². The van der Waals surface area contributed by atoms with Crippen molar-refractivity contribution >= 4 is 23.4 Å². The summed E-state index contributed by atoms with van der Waals surface area (Å²) in [4.78, 5) is 51.2. The molecule has 0 unspecified atom stereocenters. The average molecular weight is 477 g/mol. The number of nitrogens with one attached hydrogen (secondary N) is 1. The summed E-state index contributed by atoms with van der Waals surface area (Å²) in [5.41, 5.74) is 5.00. The quantitative estimate of drug-likeness (QED) is 0.445. The summed E-state index contributed by atoms with van der Waals surface area (Å²) >= 11 is 0. The van der Waals surface area contributed by atoms with E-state index in [4.69, 9.17) is 10.5 Å². The van der Waals surface area contributed by atoms with Crippen molar-refractivity contribution in [2.24, 2.45) is 23.0 Å². The van der Waals surface area contributed by atoms with Crippen LogP contribution in [-0.4, -0.2) is 79.1 Å². The highest BCUT2D eigenvalue weighted by molar-refractivity contribution is 5.90. The number of halogens is 3. The lowest BCUT2D eigenvalue weighted by Gasteiger charge is -2.32. The molecule has 1 saturated carbocycles. The number of amides is 2. The SMILES string of the molecule is CC(C)OCC(=O)[C@H]1C[C@]12C[C@@H](C(N)=O)N([C@@H](C[C@@H]1CCNC1=O)C(=O)COC(F)(F)F)C2. The summed E-state index contributed by atoms with van der Waals surface area (Å²) < 4.78 is 46.8. The maximum Gasteiger partial charge on any atom is 0.522 e. The molecule has 2 amide bonds. The summed E-state index contributed by atoms with van der Waals surface area (Å²) in [5.74, 6) is -2.98. The van der Waals surface area contributed by atoms with Gasteiger partial charge in [0.15, 0.2) is 11.6 Å². The third-order valence-electron chi connectivity index (χ3n) is 6.78. The normalized spacial score (nSPS) is 30.6. The Morgan fingerprint density at radius 2 is 1.94 bits per heavy atom. The van der Waals surface area contributed by atoms with Crippen molar-refractivity contribution in [1.82, 2.24) is 10.2 Å². The molecular weight excluding hydrogens is 447 g/mol. The first-order valence-electron chi connectivity index (χ1n) is 11.0. The van der Waals surface area contributed by atoms with Gasteiger partial charge in [-0.3, -0.25) is 28.8 Å². The van der Waals surface area contributed by atoms with Gasteiger partial charge in [0.1, 0.15) is 13.2 Å². The summed E-state index contributed by atoms with van der Waals surface area (Å²) in [7, 11) is 0. The summed E-state index contributed by atoms with van der Waals surface area (Å²) in [5, 5.41) is 2.64. The highest BCUT2D eigenvalue weighted by Crippen LogP contribution is 2.61. The topological polar surface area (TPSA) is 128 Å². The van der Waals surface area contributed by atoms with Crippen LogP contribution < -0.4 is 11.1 Å². The molecule has 0 aromatic carbocycles. The first-order chi connectivity index (χ1) is 15.3. The fraction of sp³-hybridized carbons (Fsp3) is 0.810. The summed E-state index contributed by atoms with van der Waals surface area (Å²) in [6.07, 6.45) is -4.05. The summed E-state index contributed by atoms with van der Waals surface area (Å²) in [6.45, 7) is 2.84. The fourth-order valence-corrected chi connectivity index (χ4v) is 5.03. The minimum Gasteiger partial charge on any atom is -0.371 e. The number of nitrogens with zero attached hydrogens (tertiary/aromatic N) is 1. The molecule has 5 atom stereocenters. The molecule has 0 bridgehead atoms. The zero-order chi connectivity index (χ0) is 24.6. The lowest BCUT2D eigenvalue weighted by atomic mass is 9.94. The fourth-order valence-electron chi connectivity index (χ4n) is 5.03. The van der Waals surface area contributed by atoms with Gasteiger partial charge < -0.3 is 15.8 Å². The summed E-state index contributed by atoms with van der Waals surface area (Å²) in [6, 6.07) is -2.10. The second-order valence-corrected chi connectivity index (χ2v) is 9.47. The molecule has 0 radical (unpaired) electrons. The number of rotatable bonds is 11. The Morgan fingerprint density at radius 3 is 2.48 bits per heavy atom. The van der Waals surface area contributed by atoms with Crippen LogP contribution in [0.25, 0.3) is 0 Å². The van der Waals surface area contributed by atoms with Gasteiger partial charge >= 0.3 is 6.36 Å². The van der Waals surface area contributed by atoms with Crippen molar-refractivity contribution in [3.05, 3.63) is 0 Å². The van der Waals surface area contributed by atoms with Crippen LogP contribution in [0.3, 0.4) is 0 Å². The molecule has 1 spiro atoms. The smallest absolute Gasteiger partial charge is 0.371 e. The Morgan fingerprint density at radius 1 is 1.24 bits per heavy atom. The number of likely N-dealkylation sites (tertiary alicyclic amines) is 1. The van der Waals surface area contributed by atoms with Gasteiger partial charge in [0, 0.05) is 24.9 Å². The first-order valence-corrected chi connectivity index (χ1v) is 11.0. The predicted octanol–water partition coefficient (Wildman–Crippen LogP) is 0.547. The van der Waals surface area contributed by atoms with Gasteiger partial charge in [-0.1, -0.05) is 0 Å². The number of primary amides is 1. The van der Waals surface area contributed by atoms with E-state index in [2.05, 4.69) is 10.1 Å². The number of alkyl halides is 3. The molecule has 3 rings (SSSR count). The molecule has 0 aromatic rings. The van der Waals surface area contributed by atoms with Crippen molar-refractivity contribution in [1.29, 1.82) is 0 Å². The monoisotopic (exact) mass is 477 g/mol. The molecule has 3 aliphatic rings. The number of hydrogen-bond donors (Lipinski definition) is 2. The van der Waals surface area contributed by atoms with Crippen molar-refractivity contribution in [3.63, 3.8) is 0 Å². The maximum atomic E-state index is 12.8. The lowest BCUT2D eigenvalue weighted by molar-refractivity contribution is -0.321. The van der Waals surface area contributed by atoms with Crippen molar-refractivity contribution < 1.29 is 41.8 Å². The zero-order valence-corrected chi connectivity index (χ0v) is 18.7. The van der Waals surface area contributed by atoms with Gasteiger partial charge in [0.25, 0.3) is 0 Å². The van der Waals surface area contributed by atoms with Crippen LogP contribution in [0.4, 0.5) is 13.2 Å². The lowest BCUT2D eigenvalue weighted by Crippen LogP contribution is -2.51. The number of ketones is 2. The van der Waals surface area contributed by atoms with Gasteiger partial charge in [0.2, 0.25) is 11.8 Å². The standard InChI is InChI=1S/C21H30F3N3O6/c1-11(2)32-8-16(28)13-6-20(13)7-15(18(25)30)27(10-20)14(5-12-3-4-26-19(12)31)17(29)9-33-21(22,23)24/h11-15H,3-10H2,1-2H3,(H2,25,30)(H,26,31)/t12-,13+,14-,15-,20+/m0/s1. The number of nitrogens with two attached hydrogens (primary N) is 1. The van der Waals surface area contributed by atoms with E-state index >= 15 is 0 Å². The second kappa shape index (κ2) is 9.67. The van der Waals surface area contributed by atoms with Crippen LogP contribution in [-0.2, 0) is 28.7 Å². The molecule has 9 nitrogen and oxygen atoms in total. The van der Waals surface area contributed by atoms with E-state index < -0.39 is 48.1 Å². The van der Waals surface area contributed by atoms with E-state index in [1.54, 1.807) is 13.8 Å². The molecule has 2 heterocycles. The molecule has 186 valence electrons. The second-order valence-electron chi connectivity index (χ2n) is 9.47. The van der Waals surface area contributed by atoms with Crippen molar-refractivity contribution in [2.45, 2.75) is 64.1 Å². The Labute approximate surface area is 189 Å². The number of ether oxygens (including phenoxy) is 2. The highest BCUT2D eigenvalue weighted by Gasteiger charge is 2.64. The Balaban J connectivity index is 1.78. The molecule has 1 aliphatic carbocycles. The first kappa shape index (κ1) is 25.6. The predicted molar refractivity (Wildman–Crippen MR) is 107 cm³/mol. The zero-order valence-electron chi connectivity index (χ0n) is 18.7. The van der Waals surface area contributed by atoms with E-state index in [9.17, 15) is 32.3 Å². The average Bonchev–Trinajstić information content (AvgIpc) is 3.04. The van der Waals surface area contributed by atoms with Gasteiger partial charge in [-0.15, -0.1) is 13.2 Å². The van der Waals surface area contributed by atoms with E-state index in [1.807, 2.05) is 0 Å². The van der Waals surface area contributed by atoms with Crippen molar-refractivity contribution in [2.75, 3.05) is 26.3 Å². The van der Waals surface area contributed by atoms with Crippen molar-refractivity contribution in [3.8, 4) is 0 Å². The molecule has 12 heteroatoms. The third-order valence-corrected chi connectivity index (χ3v) is 6.78. The molecule has 33 heavy (non-hydrogen) atoms. The number of carbonyl (C=O) groups excluding carboxylic acids is 4. The molecule has 3 fully saturated rings. The number of carbonyl (C=O) groups is 4. The van der Waals surface area contributed by atoms with E-state index in [0.29, 0.717) is 19.4 Å². The molecular formula is C21H30F3N3O6. The molecule has 3 N–H and O–H groups in total. The van der Waals surface area contributed by atoms with Gasteiger partial charge in [-0.05, 0) is 44.9 Å². The Kier molecular flexibility index (Phi) is 7.49. The van der Waals surface area contributed by atoms with Gasteiger partial charge in [-0.25, -0.2) is 0 Å².